The molecule has 1 aromatic rings. The van der Waals surface area contributed by atoms with Gasteiger partial charge in [-0.15, -0.1) is 0 Å². The highest BCUT2D eigenvalue weighted by Crippen LogP contribution is 2.29. The predicted octanol–water partition coefficient (Wildman–Crippen LogP) is 3.04. The molecule has 2 fully saturated rings. The summed E-state index contributed by atoms with van der Waals surface area (Å²) in [6, 6.07) is 9.52. The zero-order valence-electron chi connectivity index (χ0n) is 12.7. The second kappa shape index (κ2) is 6.78. The molecule has 2 heterocycles. The molecule has 4 heteroatoms. The number of aliphatic hydroxyl groups excluding tert-OH is 1. The normalized spacial score (nSPS) is 28.5. The van der Waals surface area contributed by atoms with E-state index in [0.717, 1.165) is 41.6 Å². The van der Waals surface area contributed by atoms with Gasteiger partial charge in [-0.25, -0.2) is 0 Å². The second-order valence-corrected chi connectivity index (χ2v) is 7.41. The van der Waals surface area contributed by atoms with Gasteiger partial charge in [0.25, 0.3) is 0 Å². The van der Waals surface area contributed by atoms with E-state index >= 15 is 0 Å². The molecule has 2 aliphatic heterocycles. The minimum Gasteiger partial charge on any atom is -0.388 e. The number of aliphatic hydroxyl groups is 1. The number of likely N-dealkylation sites (N-methyl/N-ethyl adjacent to an activating group) is 1. The molecule has 0 aliphatic carbocycles. The molecule has 3 rings (SSSR count). The van der Waals surface area contributed by atoms with E-state index < -0.39 is 0 Å². The summed E-state index contributed by atoms with van der Waals surface area (Å²) in [7, 11) is 2.28. The van der Waals surface area contributed by atoms with Crippen molar-refractivity contribution in [2.45, 2.75) is 43.9 Å². The molecular weight excluding hydrogens is 328 g/mol. The zero-order chi connectivity index (χ0) is 14.8. The van der Waals surface area contributed by atoms with Crippen molar-refractivity contribution in [1.82, 2.24) is 9.80 Å². The maximum atomic E-state index is 10.4. The third-order valence-electron chi connectivity index (χ3n) is 5.18. The van der Waals surface area contributed by atoms with Gasteiger partial charge in [-0.3, -0.25) is 4.90 Å². The van der Waals surface area contributed by atoms with Crippen molar-refractivity contribution in [2.24, 2.45) is 0 Å². The van der Waals surface area contributed by atoms with E-state index in [9.17, 15) is 5.11 Å². The number of benzene rings is 1. The van der Waals surface area contributed by atoms with Crippen LogP contribution < -0.4 is 0 Å². The van der Waals surface area contributed by atoms with Gasteiger partial charge in [0.1, 0.15) is 0 Å². The largest absolute Gasteiger partial charge is 0.388 e. The van der Waals surface area contributed by atoms with Crippen LogP contribution >= 0.6 is 15.9 Å². The lowest BCUT2D eigenvalue weighted by atomic mass is 10.1. The van der Waals surface area contributed by atoms with Gasteiger partial charge in [-0.2, -0.15) is 0 Å². The Hall–Kier alpha value is -0.420. The summed E-state index contributed by atoms with van der Waals surface area (Å²) in [6.07, 6.45) is 4.44. The summed E-state index contributed by atoms with van der Waals surface area (Å²) < 4.78 is 1.03. The highest BCUT2D eigenvalue weighted by atomic mass is 79.9. The molecule has 21 heavy (non-hydrogen) atoms. The Balaban J connectivity index is 1.53. The number of likely N-dealkylation sites (tertiary alicyclic amines) is 1. The molecule has 1 aromatic carbocycles. The highest BCUT2D eigenvalue weighted by molar-refractivity contribution is 9.10. The molecule has 3 unspecified atom stereocenters. The van der Waals surface area contributed by atoms with Crippen LogP contribution in [0.2, 0.25) is 0 Å². The summed E-state index contributed by atoms with van der Waals surface area (Å²) in [6.45, 7) is 3.33. The second-order valence-electron chi connectivity index (χ2n) is 6.50. The monoisotopic (exact) mass is 352 g/mol. The van der Waals surface area contributed by atoms with Crippen molar-refractivity contribution in [1.29, 1.82) is 0 Å². The molecule has 2 bridgehead atoms. The van der Waals surface area contributed by atoms with Gasteiger partial charge in [0, 0.05) is 29.6 Å². The van der Waals surface area contributed by atoms with Gasteiger partial charge in [0.2, 0.25) is 0 Å². The summed E-state index contributed by atoms with van der Waals surface area (Å²) in [5.74, 6) is 0. The minimum absolute atomic E-state index is 0.360. The Labute approximate surface area is 136 Å². The van der Waals surface area contributed by atoms with Crippen LogP contribution in [0.15, 0.2) is 28.7 Å². The molecule has 1 N–H and O–H groups in total. The Morgan fingerprint density at radius 1 is 1.29 bits per heavy atom. The van der Waals surface area contributed by atoms with Crippen molar-refractivity contribution in [3.05, 3.63) is 34.3 Å². The average molecular weight is 353 g/mol. The molecule has 2 aliphatic rings. The number of nitrogens with zero attached hydrogens (tertiary/aromatic N) is 2. The fourth-order valence-corrected chi connectivity index (χ4v) is 4.18. The smallest absolute Gasteiger partial charge is 0.0802 e. The van der Waals surface area contributed by atoms with E-state index in [2.05, 4.69) is 32.8 Å². The molecule has 2 saturated heterocycles. The zero-order valence-corrected chi connectivity index (χ0v) is 14.3. The van der Waals surface area contributed by atoms with Crippen molar-refractivity contribution in [2.75, 3.05) is 26.7 Å². The van der Waals surface area contributed by atoms with Crippen LogP contribution in [-0.4, -0.2) is 53.7 Å². The maximum Gasteiger partial charge on any atom is 0.0802 e. The van der Waals surface area contributed by atoms with E-state index in [1.54, 1.807) is 0 Å². The van der Waals surface area contributed by atoms with Crippen molar-refractivity contribution in [3.8, 4) is 0 Å². The first kappa shape index (κ1) is 15.5. The molecule has 3 nitrogen and oxygen atoms in total. The first-order valence-electron chi connectivity index (χ1n) is 8.01. The van der Waals surface area contributed by atoms with Crippen molar-refractivity contribution >= 4 is 15.9 Å². The number of rotatable bonds is 4. The van der Waals surface area contributed by atoms with Gasteiger partial charge >= 0.3 is 0 Å². The average Bonchev–Trinajstić information content (AvgIpc) is 2.71. The Morgan fingerprint density at radius 3 is 2.90 bits per heavy atom. The van der Waals surface area contributed by atoms with Crippen LogP contribution in [0, 0.1) is 0 Å². The topological polar surface area (TPSA) is 26.7 Å². The SMILES string of the molecule is CN1C2CCC1CN(CCC(O)c1cccc(Br)c1)CC2. The molecule has 0 saturated carbocycles. The summed E-state index contributed by atoms with van der Waals surface area (Å²) in [4.78, 5) is 5.12. The van der Waals surface area contributed by atoms with Crippen LogP contribution in [0.25, 0.3) is 0 Å². The number of hydrogen-bond acceptors (Lipinski definition) is 3. The van der Waals surface area contributed by atoms with Crippen molar-refractivity contribution < 1.29 is 5.11 Å². The van der Waals surface area contributed by atoms with Crippen molar-refractivity contribution in [3.63, 3.8) is 0 Å². The molecule has 3 atom stereocenters. The number of hydrogen-bond donors (Lipinski definition) is 1. The van der Waals surface area contributed by atoms with Crippen LogP contribution in [0.3, 0.4) is 0 Å². The van der Waals surface area contributed by atoms with Crippen LogP contribution in [0.4, 0.5) is 0 Å². The molecule has 116 valence electrons. The fourth-order valence-electron chi connectivity index (χ4n) is 3.77. The molecule has 0 aromatic heterocycles. The number of fused-ring (bicyclic) bond motifs is 2. The Morgan fingerprint density at radius 2 is 2.10 bits per heavy atom. The first-order valence-corrected chi connectivity index (χ1v) is 8.80. The molecular formula is C17H25BrN2O. The third kappa shape index (κ3) is 3.67. The van der Waals surface area contributed by atoms with E-state index in [1.807, 2.05) is 24.3 Å². The van der Waals surface area contributed by atoms with Gasteiger partial charge in [0.15, 0.2) is 0 Å². The Bertz CT molecular complexity index is 482. The van der Waals surface area contributed by atoms with E-state index in [1.165, 1.54) is 25.8 Å². The highest BCUT2D eigenvalue weighted by Gasteiger charge is 2.34. The summed E-state index contributed by atoms with van der Waals surface area (Å²) in [5, 5.41) is 10.4. The van der Waals surface area contributed by atoms with Crippen LogP contribution in [0.1, 0.15) is 37.4 Å². The molecule has 0 radical (unpaired) electrons. The summed E-state index contributed by atoms with van der Waals surface area (Å²) in [5.41, 5.74) is 1.01. The minimum atomic E-state index is -0.360. The quantitative estimate of drug-likeness (QED) is 0.901. The lowest BCUT2D eigenvalue weighted by Crippen LogP contribution is -2.37. The fraction of sp³-hybridized carbons (Fsp3) is 0.647. The van der Waals surface area contributed by atoms with Gasteiger partial charge in [-0.05, 0) is 57.0 Å². The summed E-state index contributed by atoms with van der Waals surface area (Å²) >= 11 is 3.47. The van der Waals surface area contributed by atoms with E-state index in [4.69, 9.17) is 0 Å². The first-order chi connectivity index (χ1) is 10.1. The van der Waals surface area contributed by atoms with Gasteiger partial charge < -0.3 is 10.0 Å². The van der Waals surface area contributed by atoms with Crippen LogP contribution in [0.5, 0.6) is 0 Å². The van der Waals surface area contributed by atoms with E-state index in [0.29, 0.717) is 0 Å². The number of halogens is 1. The Kier molecular flexibility index (Phi) is 4.99. The molecule has 0 amide bonds. The lowest BCUT2D eigenvalue weighted by Gasteiger charge is -2.26. The predicted molar refractivity (Wildman–Crippen MR) is 89.3 cm³/mol. The lowest BCUT2D eigenvalue weighted by molar-refractivity contribution is 0.137. The van der Waals surface area contributed by atoms with E-state index in [-0.39, 0.29) is 6.10 Å². The standard InChI is InChI=1S/C17H25BrN2O/c1-19-15-5-6-16(19)12-20(9-7-15)10-8-17(21)13-3-2-4-14(18)11-13/h2-4,11,15-17,21H,5-10,12H2,1H3. The van der Waals surface area contributed by atoms with Gasteiger partial charge in [0.05, 0.1) is 6.10 Å². The molecule has 0 spiro atoms. The maximum absolute atomic E-state index is 10.4. The van der Waals surface area contributed by atoms with Gasteiger partial charge in [-0.1, -0.05) is 28.1 Å². The van der Waals surface area contributed by atoms with Crippen LogP contribution in [-0.2, 0) is 0 Å². The third-order valence-corrected chi connectivity index (χ3v) is 5.68.